The predicted molar refractivity (Wildman–Crippen MR) is 72.8 cm³/mol. The van der Waals surface area contributed by atoms with Crippen molar-refractivity contribution in [1.29, 1.82) is 0 Å². The van der Waals surface area contributed by atoms with E-state index in [1.54, 1.807) is 0 Å². The molecule has 18 heavy (non-hydrogen) atoms. The highest BCUT2D eigenvalue weighted by Gasteiger charge is 2.13. The summed E-state index contributed by atoms with van der Waals surface area (Å²) < 4.78 is 41.8. The molecule has 0 unspecified atom stereocenters. The smallest absolute Gasteiger partial charge is 0.387 e. The van der Waals surface area contributed by atoms with Crippen LogP contribution >= 0.6 is 24.0 Å². The molecule has 0 aliphatic rings. The van der Waals surface area contributed by atoms with Crippen LogP contribution in [0.5, 0.6) is 5.75 Å². The first-order chi connectivity index (χ1) is 8.04. The van der Waals surface area contributed by atoms with E-state index in [0.29, 0.717) is 0 Å². The number of rotatable bonds is 4. The van der Waals surface area contributed by atoms with Crippen molar-refractivity contribution in [2.75, 3.05) is 7.05 Å². The van der Waals surface area contributed by atoms with E-state index >= 15 is 0 Å². The molecule has 8 heteroatoms. The van der Waals surface area contributed by atoms with E-state index < -0.39 is 12.4 Å². The summed E-state index contributed by atoms with van der Waals surface area (Å²) in [6.45, 7) is -3.09. The van der Waals surface area contributed by atoms with E-state index in [1.165, 1.54) is 19.2 Å². The van der Waals surface area contributed by atoms with Crippen molar-refractivity contribution in [3.63, 3.8) is 0 Å². The van der Waals surface area contributed by atoms with Gasteiger partial charge in [-0.25, -0.2) is 4.39 Å². The number of halogens is 4. The Balaban J connectivity index is 0.00000289. The third-order valence-corrected chi connectivity index (χ3v) is 1.98. The van der Waals surface area contributed by atoms with Gasteiger partial charge >= 0.3 is 6.61 Å². The Labute approximate surface area is 119 Å². The largest absolute Gasteiger partial charge is 0.434 e. The number of nitrogens with one attached hydrogen (secondary N) is 1. The molecule has 1 rings (SSSR count). The number of nitrogens with two attached hydrogens (primary N) is 1. The van der Waals surface area contributed by atoms with Gasteiger partial charge in [0.15, 0.2) is 5.96 Å². The minimum Gasteiger partial charge on any atom is -0.434 e. The number of hydrogen-bond acceptors (Lipinski definition) is 2. The highest BCUT2D eigenvalue weighted by atomic mass is 127. The van der Waals surface area contributed by atoms with Gasteiger partial charge in [0.25, 0.3) is 0 Å². The molecule has 0 saturated heterocycles. The fourth-order valence-corrected chi connectivity index (χ4v) is 1.17. The number of nitrogens with zero attached hydrogens (tertiary/aromatic N) is 1. The lowest BCUT2D eigenvalue weighted by molar-refractivity contribution is -0.0506. The Morgan fingerprint density at radius 1 is 1.50 bits per heavy atom. The number of guanidine groups is 1. The average molecular weight is 375 g/mol. The van der Waals surface area contributed by atoms with Gasteiger partial charge in [0, 0.05) is 19.2 Å². The number of aliphatic imine (C=N–C) groups is 1. The van der Waals surface area contributed by atoms with Crippen molar-refractivity contribution in [3.8, 4) is 5.75 Å². The molecular formula is C10H13F3IN3O. The van der Waals surface area contributed by atoms with E-state index in [0.717, 1.165) is 6.07 Å². The molecule has 102 valence electrons. The SMILES string of the molecule is CN=C(N)NCc1c(F)cccc1OC(F)F.I. The summed E-state index contributed by atoms with van der Waals surface area (Å²) in [4.78, 5) is 3.60. The Kier molecular flexibility index (Phi) is 7.48. The second-order valence-corrected chi connectivity index (χ2v) is 3.06. The molecule has 0 aliphatic carbocycles. The van der Waals surface area contributed by atoms with Crippen LogP contribution in [0.2, 0.25) is 0 Å². The Morgan fingerprint density at radius 2 is 2.17 bits per heavy atom. The van der Waals surface area contributed by atoms with E-state index in [2.05, 4.69) is 15.0 Å². The molecule has 0 atom stereocenters. The minimum atomic E-state index is -3.01. The van der Waals surface area contributed by atoms with Crippen molar-refractivity contribution in [2.45, 2.75) is 13.2 Å². The van der Waals surface area contributed by atoms with Crippen LogP contribution in [0.25, 0.3) is 0 Å². The van der Waals surface area contributed by atoms with E-state index in [4.69, 9.17) is 5.73 Å². The fraction of sp³-hybridized carbons (Fsp3) is 0.300. The van der Waals surface area contributed by atoms with E-state index in [-0.39, 0.29) is 47.8 Å². The standard InChI is InChI=1S/C10H12F3N3O.HI/c1-15-10(14)16-5-6-7(11)3-2-4-8(6)17-9(12)13;/h2-4,9H,5H2,1H3,(H3,14,15,16);1H. The molecule has 0 bridgehead atoms. The lowest BCUT2D eigenvalue weighted by Crippen LogP contribution is -2.31. The van der Waals surface area contributed by atoms with Gasteiger partial charge < -0.3 is 15.8 Å². The zero-order valence-corrected chi connectivity index (χ0v) is 11.8. The normalized spacial score (nSPS) is 11.1. The molecule has 0 aromatic heterocycles. The maximum atomic E-state index is 13.4. The number of hydrogen-bond donors (Lipinski definition) is 2. The molecule has 4 nitrogen and oxygen atoms in total. The third-order valence-electron chi connectivity index (χ3n) is 1.98. The molecule has 0 amide bonds. The van der Waals surface area contributed by atoms with Crippen LogP contribution in [0.3, 0.4) is 0 Å². The summed E-state index contributed by atoms with van der Waals surface area (Å²) in [5.74, 6) is -0.799. The molecule has 0 saturated carbocycles. The predicted octanol–water partition coefficient (Wildman–Crippen LogP) is 2.08. The zero-order valence-electron chi connectivity index (χ0n) is 9.49. The molecular weight excluding hydrogens is 362 g/mol. The highest BCUT2D eigenvalue weighted by Crippen LogP contribution is 2.23. The van der Waals surface area contributed by atoms with Crippen molar-refractivity contribution in [3.05, 3.63) is 29.6 Å². The minimum absolute atomic E-state index is 0. The van der Waals surface area contributed by atoms with Gasteiger partial charge in [0.1, 0.15) is 11.6 Å². The Hall–Kier alpha value is -1.19. The van der Waals surface area contributed by atoms with Crippen molar-refractivity contribution < 1.29 is 17.9 Å². The summed E-state index contributed by atoms with van der Waals surface area (Å²) in [5.41, 5.74) is 5.32. The highest BCUT2D eigenvalue weighted by molar-refractivity contribution is 14.0. The van der Waals surface area contributed by atoms with E-state index in [1.807, 2.05) is 0 Å². The summed E-state index contributed by atoms with van der Waals surface area (Å²) >= 11 is 0. The van der Waals surface area contributed by atoms with Gasteiger partial charge in [-0.15, -0.1) is 24.0 Å². The third kappa shape index (κ3) is 4.98. The van der Waals surface area contributed by atoms with Crippen LogP contribution in [0, 0.1) is 5.82 Å². The maximum Gasteiger partial charge on any atom is 0.387 e. The van der Waals surface area contributed by atoms with Gasteiger partial charge in [-0.1, -0.05) is 6.07 Å². The van der Waals surface area contributed by atoms with Gasteiger partial charge in [-0.2, -0.15) is 8.78 Å². The molecule has 0 heterocycles. The molecule has 0 fully saturated rings. The molecule has 0 radical (unpaired) electrons. The van der Waals surface area contributed by atoms with Gasteiger partial charge in [0.05, 0.1) is 0 Å². The van der Waals surface area contributed by atoms with Crippen LogP contribution < -0.4 is 15.8 Å². The van der Waals surface area contributed by atoms with Crippen LogP contribution in [0.15, 0.2) is 23.2 Å². The van der Waals surface area contributed by atoms with Crippen molar-refractivity contribution >= 4 is 29.9 Å². The molecule has 0 aliphatic heterocycles. The zero-order chi connectivity index (χ0) is 12.8. The van der Waals surface area contributed by atoms with Crippen LogP contribution in [-0.4, -0.2) is 19.6 Å². The molecule has 1 aromatic rings. The van der Waals surface area contributed by atoms with Crippen molar-refractivity contribution in [2.24, 2.45) is 10.7 Å². The molecule has 1 aromatic carbocycles. The topological polar surface area (TPSA) is 59.6 Å². The fourth-order valence-electron chi connectivity index (χ4n) is 1.17. The summed E-state index contributed by atoms with van der Waals surface area (Å²) in [6, 6.07) is 3.69. The Bertz CT molecular complexity index is 415. The number of ether oxygens (including phenoxy) is 1. The Morgan fingerprint density at radius 3 is 2.72 bits per heavy atom. The van der Waals surface area contributed by atoms with Crippen LogP contribution in [0.4, 0.5) is 13.2 Å². The summed E-state index contributed by atoms with van der Waals surface area (Å²) in [7, 11) is 1.44. The first kappa shape index (κ1) is 16.8. The van der Waals surface area contributed by atoms with Gasteiger partial charge in [0.2, 0.25) is 0 Å². The average Bonchev–Trinajstić information content (AvgIpc) is 2.27. The lowest BCUT2D eigenvalue weighted by Gasteiger charge is -2.12. The monoisotopic (exact) mass is 375 g/mol. The maximum absolute atomic E-state index is 13.4. The van der Waals surface area contributed by atoms with E-state index in [9.17, 15) is 13.2 Å². The molecule has 0 spiro atoms. The first-order valence-corrected chi connectivity index (χ1v) is 4.73. The summed E-state index contributed by atoms with van der Waals surface area (Å²) in [6.07, 6.45) is 0. The molecule has 3 N–H and O–H groups in total. The van der Waals surface area contributed by atoms with Crippen LogP contribution in [0.1, 0.15) is 5.56 Å². The second-order valence-electron chi connectivity index (χ2n) is 3.06. The quantitative estimate of drug-likeness (QED) is 0.482. The summed E-state index contributed by atoms with van der Waals surface area (Å²) in [5, 5.41) is 2.57. The second kappa shape index (κ2) is 8.01. The number of alkyl halides is 2. The van der Waals surface area contributed by atoms with Crippen molar-refractivity contribution in [1.82, 2.24) is 5.32 Å². The van der Waals surface area contributed by atoms with Gasteiger partial charge in [-0.3, -0.25) is 4.99 Å². The number of benzene rings is 1. The lowest BCUT2D eigenvalue weighted by atomic mass is 10.2. The van der Waals surface area contributed by atoms with Gasteiger partial charge in [-0.05, 0) is 12.1 Å². The first-order valence-electron chi connectivity index (χ1n) is 4.73. The van der Waals surface area contributed by atoms with Crippen LogP contribution in [-0.2, 0) is 6.54 Å².